The Hall–Kier alpha value is -3.15. The lowest BCUT2D eigenvalue weighted by molar-refractivity contribution is -0.114. The van der Waals surface area contributed by atoms with E-state index in [1.807, 2.05) is 25.1 Å². The van der Waals surface area contributed by atoms with Crippen molar-refractivity contribution in [2.45, 2.75) is 13.8 Å². The number of nitrogens with zero attached hydrogens (tertiary/aromatic N) is 1. The Bertz CT molecular complexity index is 853. The van der Waals surface area contributed by atoms with Crippen LogP contribution >= 0.6 is 0 Å². The molecule has 2 aromatic carbocycles. The maximum absolute atomic E-state index is 13.3. The van der Waals surface area contributed by atoms with Gasteiger partial charge in [-0.15, -0.1) is 0 Å². The van der Waals surface area contributed by atoms with Gasteiger partial charge < -0.3 is 16.6 Å². The third-order valence-corrected chi connectivity index (χ3v) is 3.41. The molecule has 0 saturated carbocycles. The molecular formula is C18H18FN3O2. The van der Waals surface area contributed by atoms with E-state index in [2.05, 4.69) is 4.99 Å². The topological polar surface area (TPSA) is 102 Å². The van der Waals surface area contributed by atoms with Gasteiger partial charge in [0.2, 0.25) is 0 Å². The zero-order valence-electron chi connectivity index (χ0n) is 13.4. The first-order valence-electron chi connectivity index (χ1n) is 7.19. The summed E-state index contributed by atoms with van der Waals surface area (Å²) in [6, 6.07) is 9.70. The minimum Gasteiger partial charge on any atom is -0.505 e. The van der Waals surface area contributed by atoms with Gasteiger partial charge in [-0.2, -0.15) is 4.99 Å². The lowest BCUT2D eigenvalue weighted by Crippen LogP contribution is -2.24. The highest BCUT2D eigenvalue weighted by Gasteiger charge is 2.10. The van der Waals surface area contributed by atoms with E-state index in [0.29, 0.717) is 11.1 Å². The predicted octanol–water partition coefficient (Wildman–Crippen LogP) is 2.71. The SMILES string of the molecule is CC(=Cc1ccc(C)cc1-c1ccc(F)c(O)c1)C(=O)N=C(N)N. The van der Waals surface area contributed by atoms with Gasteiger partial charge in [0, 0.05) is 5.57 Å². The van der Waals surface area contributed by atoms with Crippen molar-refractivity contribution in [3.63, 3.8) is 0 Å². The maximum Gasteiger partial charge on any atom is 0.275 e. The molecule has 5 N–H and O–H groups in total. The van der Waals surface area contributed by atoms with E-state index in [1.165, 1.54) is 12.1 Å². The van der Waals surface area contributed by atoms with E-state index in [0.717, 1.165) is 16.7 Å². The summed E-state index contributed by atoms with van der Waals surface area (Å²) in [6.45, 7) is 3.51. The number of hydrogen-bond donors (Lipinski definition) is 3. The van der Waals surface area contributed by atoms with Crippen molar-refractivity contribution in [2.24, 2.45) is 16.5 Å². The Labute approximate surface area is 139 Å². The second kappa shape index (κ2) is 6.95. The minimum atomic E-state index is -0.692. The fourth-order valence-corrected chi connectivity index (χ4v) is 2.23. The number of phenols is 1. The normalized spacial score (nSPS) is 11.2. The van der Waals surface area contributed by atoms with Crippen molar-refractivity contribution < 1.29 is 14.3 Å². The van der Waals surface area contributed by atoms with Crippen LogP contribution < -0.4 is 11.5 Å². The van der Waals surface area contributed by atoms with Crippen LogP contribution in [0.4, 0.5) is 4.39 Å². The fourth-order valence-electron chi connectivity index (χ4n) is 2.23. The molecule has 124 valence electrons. The van der Waals surface area contributed by atoms with Gasteiger partial charge in [0.1, 0.15) is 0 Å². The largest absolute Gasteiger partial charge is 0.505 e. The zero-order valence-corrected chi connectivity index (χ0v) is 13.4. The summed E-state index contributed by atoms with van der Waals surface area (Å²) in [5, 5.41) is 9.60. The number of carbonyl (C=O) groups excluding carboxylic acids is 1. The number of carbonyl (C=O) groups is 1. The molecule has 2 rings (SSSR count). The van der Waals surface area contributed by atoms with Gasteiger partial charge >= 0.3 is 0 Å². The Kier molecular flexibility index (Phi) is 4.99. The molecule has 0 fully saturated rings. The van der Waals surface area contributed by atoms with Gasteiger partial charge in [-0.05, 0) is 48.7 Å². The van der Waals surface area contributed by atoms with Crippen molar-refractivity contribution >= 4 is 17.9 Å². The van der Waals surface area contributed by atoms with Crippen LogP contribution in [0.15, 0.2) is 47.0 Å². The zero-order chi connectivity index (χ0) is 17.9. The first kappa shape index (κ1) is 17.2. The van der Waals surface area contributed by atoms with E-state index in [1.54, 1.807) is 19.1 Å². The Morgan fingerprint density at radius 3 is 2.54 bits per heavy atom. The molecule has 0 spiro atoms. The van der Waals surface area contributed by atoms with E-state index in [4.69, 9.17) is 11.5 Å². The van der Waals surface area contributed by atoms with Crippen LogP contribution in [-0.4, -0.2) is 17.0 Å². The number of aryl methyl sites for hydroxylation is 1. The summed E-state index contributed by atoms with van der Waals surface area (Å²) in [5.41, 5.74) is 13.9. The van der Waals surface area contributed by atoms with Crippen LogP contribution in [0.25, 0.3) is 17.2 Å². The number of benzene rings is 2. The van der Waals surface area contributed by atoms with E-state index in [9.17, 15) is 14.3 Å². The number of hydrogen-bond acceptors (Lipinski definition) is 2. The molecule has 24 heavy (non-hydrogen) atoms. The van der Waals surface area contributed by atoms with Gasteiger partial charge in [0.25, 0.3) is 5.91 Å². The van der Waals surface area contributed by atoms with Crippen LogP contribution in [-0.2, 0) is 4.79 Å². The molecule has 0 aliphatic carbocycles. The van der Waals surface area contributed by atoms with Crippen LogP contribution in [0.5, 0.6) is 5.75 Å². The Balaban J connectivity index is 2.54. The molecule has 0 radical (unpaired) electrons. The molecule has 5 nitrogen and oxygen atoms in total. The van der Waals surface area contributed by atoms with Gasteiger partial charge in [0.15, 0.2) is 17.5 Å². The summed E-state index contributed by atoms with van der Waals surface area (Å²) in [4.78, 5) is 15.4. The van der Waals surface area contributed by atoms with E-state index < -0.39 is 17.5 Å². The van der Waals surface area contributed by atoms with E-state index >= 15 is 0 Å². The number of aliphatic imine (C=N–C) groups is 1. The lowest BCUT2D eigenvalue weighted by atomic mass is 9.96. The van der Waals surface area contributed by atoms with Crippen molar-refractivity contribution in [1.82, 2.24) is 0 Å². The lowest BCUT2D eigenvalue weighted by Gasteiger charge is -2.10. The molecular weight excluding hydrogens is 309 g/mol. The number of phenolic OH excluding ortho intramolecular Hbond substituents is 1. The maximum atomic E-state index is 13.3. The van der Waals surface area contributed by atoms with Crippen LogP contribution in [0, 0.1) is 12.7 Å². The summed E-state index contributed by atoms with van der Waals surface area (Å²) < 4.78 is 13.3. The van der Waals surface area contributed by atoms with Crippen LogP contribution in [0.1, 0.15) is 18.1 Å². The van der Waals surface area contributed by atoms with E-state index in [-0.39, 0.29) is 5.96 Å². The molecule has 0 unspecified atom stereocenters. The average Bonchev–Trinajstić information content (AvgIpc) is 2.51. The smallest absolute Gasteiger partial charge is 0.275 e. The molecule has 0 atom stereocenters. The number of rotatable bonds is 3. The van der Waals surface area contributed by atoms with Crippen molar-refractivity contribution in [3.05, 3.63) is 58.9 Å². The molecule has 0 bridgehead atoms. The fraction of sp³-hybridized carbons (Fsp3) is 0.111. The molecule has 6 heteroatoms. The van der Waals surface area contributed by atoms with Crippen LogP contribution in [0.2, 0.25) is 0 Å². The average molecular weight is 327 g/mol. The monoisotopic (exact) mass is 327 g/mol. The predicted molar refractivity (Wildman–Crippen MR) is 92.7 cm³/mol. The molecule has 2 aromatic rings. The quantitative estimate of drug-likeness (QED) is 0.458. The molecule has 0 heterocycles. The van der Waals surface area contributed by atoms with Crippen molar-refractivity contribution in [3.8, 4) is 16.9 Å². The number of guanidine groups is 1. The molecule has 0 saturated heterocycles. The summed E-state index contributed by atoms with van der Waals surface area (Å²) in [7, 11) is 0. The molecule has 1 amide bonds. The van der Waals surface area contributed by atoms with Gasteiger partial charge in [-0.1, -0.05) is 29.8 Å². The minimum absolute atomic E-state index is 0.305. The van der Waals surface area contributed by atoms with Crippen molar-refractivity contribution in [1.29, 1.82) is 0 Å². The highest BCUT2D eigenvalue weighted by atomic mass is 19.1. The Morgan fingerprint density at radius 2 is 1.92 bits per heavy atom. The van der Waals surface area contributed by atoms with Crippen LogP contribution in [0.3, 0.4) is 0 Å². The third kappa shape index (κ3) is 3.98. The van der Waals surface area contributed by atoms with Gasteiger partial charge in [0.05, 0.1) is 0 Å². The number of amides is 1. The highest BCUT2D eigenvalue weighted by Crippen LogP contribution is 2.30. The Morgan fingerprint density at radius 1 is 1.21 bits per heavy atom. The number of halogens is 1. The molecule has 0 aromatic heterocycles. The molecule has 0 aliphatic rings. The third-order valence-electron chi connectivity index (χ3n) is 3.41. The number of nitrogens with two attached hydrogens (primary N) is 2. The van der Waals surface area contributed by atoms with Crippen molar-refractivity contribution in [2.75, 3.05) is 0 Å². The molecule has 0 aliphatic heterocycles. The second-order valence-electron chi connectivity index (χ2n) is 5.43. The summed E-state index contributed by atoms with van der Waals surface area (Å²) >= 11 is 0. The second-order valence-corrected chi connectivity index (χ2v) is 5.43. The summed E-state index contributed by atoms with van der Waals surface area (Å²) in [5.74, 6) is -1.97. The summed E-state index contributed by atoms with van der Waals surface area (Å²) in [6.07, 6.45) is 1.64. The standard InChI is InChI=1S/C18H18FN3O2/c1-10-3-4-12(8-11(2)17(24)22-18(20)21)14(7-10)13-5-6-15(19)16(23)9-13/h3-9,23H,1-2H3,(H4,20,21,22,24). The number of aromatic hydroxyl groups is 1. The highest BCUT2D eigenvalue weighted by molar-refractivity contribution is 6.04. The first-order chi connectivity index (χ1) is 11.3. The first-order valence-corrected chi connectivity index (χ1v) is 7.19. The van der Waals surface area contributed by atoms with Gasteiger partial charge in [-0.25, -0.2) is 4.39 Å². The van der Waals surface area contributed by atoms with Gasteiger partial charge in [-0.3, -0.25) is 4.79 Å².